The fourth-order valence-electron chi connectivity index (χ4n) is 4.60. The van der Waals surface area contributed by atoms with E-state index in [9.17, 15) is 9.59 Å². The van der Waals surface area contributed by atoms with Crippen molar-refractivity contribution >= 4 is 29.1 Å². The van der Waals surface area contributed by atoms with Gasteiger partial charge in [0, 0.05) is 18.8 Å². The van der Waals surface area contributed by atoms with Gasteiger partial charge in [0.1, 0.15) is 18.1 Å². The number of rotatable bonds is 4. The van der Waals surface area contributed by atoms with E-state index in [1.54, 1.807) is 18.2 Å². The molecule has 0 saturated carbocycles. The maximum Gasteiger partial charge on any atom is 0.253 e. The Morgan fingerprint density at radius 2 is 2.09 bits per heavy atom. The van der Waals surface area contributed by atoms with E-state index in [1.165, 1.54) is 12.7 Å². The normalized spacial score (nSPS) is 21.6. The fourth-order valence-corrected chi connectivity index (χ4v) is 4.86. The lowest BCUT2D eigenvalue weighted by Gasteiger charge is -2.41. The molecule has 2 N–H and O–H groups in total. The molecule has 2 aliphatic rings. The van der Waals surface area contributed by atoms with Crippen LogP contribution in [0.4, 0.5) is 5.69 Å². The van der Waals surface area contributed by atoms with Crippen LogP contribution in [0.25, 0.3) is 0 Å². The van der Waals surface area contributed by atoms with Crippen molar-refractivity contribution in [3.8, 4) is 11.5 Å². The Kier molecular flexibility index (Phi) is 8.49. The van der Waals surface area contributed by atoms with E-state index in [4.69, 9.17) is 25.8 Å². The van der Waals surface area contributed by atoms with Crippen molar-refractivity contribution in [3.05, 3.63) is 53.1 Å². The second-order valence-corrected chi connectivity index (χ2v) is 9.28. The van der Waals surface area contributed by atoms with Crippen LogP contribution in [0.2, 0.25) is 5.02 Å². The van der Waals surface area contributed by atoms with Crippen molar-refractivity contribution in [2.24, 2.45) is 0 Å². The lowest BCUT2D eigenvalue weighted by Crippen LogP contribution is -2.61. The molecule has 2 aromatic carbocycles. The van der Waals surface area contributed by atoms with E-state index in [1.807, 2.05) is 23.1 Å². The average Bonchev–Trinajstić information content (AvgIpc) is 2.84. The van der Waals surface area contributed by atoms with Crippen LogP contribution in [0.1, 0.15) is 24.8 Å². The molecule has 2 aromatic rings. The number of ether oxygens (including phenoxy) is 3. The minimum absolute atomic E-state index is 0.151. The van der Waals surface area contributed by atoms with Gasteiger partial charge in [-0.05, 0) is 55.5 Å². The number of hydrogen-bond acceptors (Lipinski definition) is 6. The smallest absolute Gasteiger partial charge is 0.253 e. The van der Waals surface area contributed by atoms with Gasteiger partial charge >= 0.3 is 0 Å². The highest BCUT2D eigenvalue weighted by atomic mass is 35.5. The number of fused-ring (bicyclic) bond motifs is 1. The molecule has 0 aromatic heterocycles. The molecular weight excluding hydrogens is 470 g/mol. The number of hydrogen-bond donors (Lipinski definition) is 2. The van der Waals surface area contributed by atoms with Gasteiger partial charge in [0.25, 0.3) is 5.91 Å². The molecule has 1 spiro atoms. The zero-order valence-electron chi connectivity index (χ0n) is 20.0. The summed E-state index contributed by atoms with van der Waals surface area (Å²) >= 11 is 6.17. The lowest BCUT2D eigenvalue weighted by molar-refractivity contribution is -0.163. The Balaban J connectivity index is 1.39. The van der Waals surface area contributed by atoms with Crippen molar-refractivity contribution < 1.29 is 23.8 Å². The quantitative estimate of drug-likeness (QED) is 0.668. The average molecular weight is 502 g/mol. The summed E-state index contributed by atoms with van der Waals surface area (Å²) in [5, 5.41) is 6.27. The number of carbonyl (C=O) groups excluding carboxylic acids is 2. The van der Waals surface area contributed by atoms with Crippen LogP contribution < -0.4 is 20.1 Å². The first-order valence-corrected chi connectivity index (χ1v) is 12.4. The largest absolute Gasteiger partial charge is 0.495 e. The number of aryl methyl sites for hydroxylation is 1. The van der Waals surface area contributed by atoms with Gasteiger partial charge in [0.05, 0.1) is 31.8 Å². The number of nitrogens with one attached hydrogen (secondary N) is 2. The number of amides is 2. The zero-order chi connectivity index (χ0) is 24.7. The van der Waals surface area contributed by atoms with Crippen LogP contribution in [0.15, 0.2) is 42.5 Å². The summed E-state index contributed by atoms with van der Waals surface area (Å²) in [5.74, 6) is 1.09. The highest BCUT2D eigenvalue weighted by Crippen LogP contribution is 2.29. The van der Waals surface area contributed by atoms with Gasteiger partial charge < -0.3 is 24.8 Å². The molecule has 0 radical (unpaired) electrons. The number of anilines is 1. The Hall–Kier alpha value is -2.81. The molecule has 35 heavy (non-hydrogen) atoms. The predicted molar refractivity (Wildman–Crippen MR) is 134 cm³/mol. The second-order valence-electron chi connectivity index (χ2n) is 8.87. The highest BCUT2D eigenvalue weighted by molar-refractivity contribution is 6.32. The molecule has 1 fully saturated rings. The molecular formula is C26H32ClN3O5. The number of halogens is 1. The third-order valence-corrected chi connectivity index (χ3v) is 6.67. The standard InChI is InChI=1S/C26H32ClN3O5/c1-33-23-10-9-20(16-21(23)27)29-24(31)17-30-13-15-35-26(18-30)11-5-4-7-19-6-2-3-8-22(19)34-14-12-28-25(26)32/h2-3,6,8-10,16H,4-5,7,11-15,17-18H2,1H3,(H,28,32)(H,29,31). The Morgan fingerprint density at radius 3 is 2.91 bits per heavy atom. The third kappa shape index (κ3) is 6.45. The molecule has 1 saturated heterocycles. The van der Waals surface area contributed by atoms with Crippen molar-refractivity contribution in [1.29, 1.82) is 0 Å². The summed E-state index contributed by atoms with van der Waals surface area (Å²) in [6.07, 6.45) is 3.21. The summed E-state index contributed by atoms with van der Waals surface area (Å²) in [5.41, 5.74) is 0.781. The van der Waals surface area contributed by atoms with Gasteiger partial charge in [-0.3, -0.25) is 14.5 Å². The van der Waals surface area contributed by atoms with Gasteiger partial charge in [0.15, 0.2) is 5.60 Å². The van der Waals surface area contributed by atoms with Crippen LogP contribution in [0.3, 0.4) is 0 Å². The topological polar surface area (TPSA) is 89.1 Å². The molecule has 188 valence electrons. The number of para-hydroxylation sites is 1. The predicted octanol–water partition coefficient (Wildman–Crippen LogP) is 3.28. The van der Waals surface area contributed by atoms with Crippen LogP contribution in [0.5, 0.6) is 11.5 Å². The van der Waals surface area contributed by atoms with Crippen LogP contribution in [-0.4, -0.2) is 68.8 Å². The molecule has 0 aliphatic carbocycles. The van der Waals surface area contributed by atoms with E-state index in [0.29, 0.717) is 55.7 Å². The van der Waals surface area contributed by atoms with Crippen molar-refractivity contribution in [2.45, 2.75) is 31.3 Å². The van der Waals surface area contributed by atoms with Crippen LogP contribution >= 0.6 is 11.6 Å². The van der Waals surface area contributed by atoms with E-state index in [-0.39, 0.29) is 18.4 Å². The van der Waals surface area contributed by atoms with Gasteiger partial charge in [-0.2, -0.15) is 0 Å². The molecule has 4 rings (SSSR count). The Bertz CT molecular complexity index is 1050. The maximum absolute atomic E-state index is 13.2. The van der Waals surface area contributed by atoms with Crippen molar-refractivity contribution in [2.75, 3.05) is 51.8 Å². The minimum Gasteiger partial charge on any atom is -0.495 e. The van der Waals surface area contributed by atoms with Crippen molar-refractivity contribution in [3.63, 3.8) is 0 Å². The molecule has 1 atom stereocenters. The Labute approximate surface area is 210 Å². The summed E-state index contributed by atoms with van der Waals surface area (Å²) in [6, 6.07) is 13.1. The van der Waals surface area contributed by atoms with E-state index < -0.39 is 5.60 Å². The van der Waals surface area contributed by atoms with Gasteiger partial charge in [0.2, 0.25) is 5.91 Å². The number of methoxy groups -OCH3 is 1. The van der Waals surface area contributed by atoms with Crippen LogP contribution in [-0.2, 0) is 20.7 Å². The lowest BCUT2D eigenvalue weighted by atomic mass is 9.91. The number of carbonyl (C=O) groups is 2. The Morgan fingerprint density at radius 1 is 1.23 bits per heavy atom. The minimum atomic E-state index is -0.985. The first-order valence-electron chi connectivity index (χ1n) is 12.0. The number of morpholine rings is 1. The van der Waals surface area contributed by atoms with Crippen molar-refractivity contribution in [1.82, 2.24) is 10.2 Å². The molecule has 0 bridgehead atoms. The van der Waals surface area contributed by atoms with Gasteiger partial charge in [-0.25, -0.2) is 0 Å². The summed E-state index contributed by atoms with van der Waals surface area (Å²) < 4.78 is 17.2. The summed E-state index contributed by atoms with van der Waals surface area (Å²) in [7, 11) is 1.54. The second kappa shape index (κ2) is 11.7. The molecule has 9 heteroatoms. The summed E-state index contributed by atoms with van der Waals surface area (Å²) in [4.78, 5) is 27.9. The third-order valence-electron chi connectivity index (χ3n) is 6.38. The molecule has 8 nitrogen and oxygen atoms in total. The maximum atomic E-state index is 13.2. The zero-order valence-corrected chi connectivity index (χ0v) is 20.7. The summed E-state index contributed by atoms with van der Waals surface area (Å²) in [6.45, 7) is 2.23. The molecule has 2 amide bonds. The van der Waals surface area contributed by atoms with Gasteiger partial charge in [-0.1, -0.05) is 29.8 Å². The van der Waals surface area contributed by atoms with E-state index in [0.717, 1.165) is 25.0 Å². The molecule has 1 unspecified atom stereocenters. The first kappa shape index (κ1) is 25.3. The monoisotopic (exact) mass is 501 g/mol. The van der Waals surface area contributed by atoms with Gasteiger partial charge in [-0.15, -0.1) is 0 Å². The van der Waals surface area contributed by atoms with E-state index in [2.05, 4.69) is 16.7 Å². The van der Waals surface area contributed by atoms with Crippen LogP contribution in [0, 0.1) is 0 Å². The first-order chi connectivity index (χ1) is 17.0. The fraction of sp³-hybridized carbons (Fsp3) is 0.462. The van der Waals surface area contributed by atoms with E-state index >= 15 is 0 Å². The number of benzene rings is 2. The number of nitrogens with zero attached hydrogens (tertiary/aromatic N) is 1. The molecule has 2 aliphatic heterocycles. The highest BCUT2D eigenvalue weighted by Gasteiger charge is 2.43. The molecule has 2 heterocycles. The SMILES string of the molecule is COc1ccc(NC(=O)CN2CCOC3(CCCCc4ccccc4OCCNC3=O)C2)cc1Cl.